The summed E-state index contributed by atoms with van der Waals surface area (Å²) in [4.78, 5) is 27.7. The van der Waals surface area contributed by atoms with Gasteiger partial charge in [0.2, 0.25) is 0 Å². The molecule has 8 nitrogen and oxygen atoms in total. The molecule has 0 saturated carbocycles. The molecule has 2 aromatic carbocycles. The van der Waals surface area contributed by atoms with E-state index in [2.05, 4.69) is 44.7 Å². The smallest absolute Gasteiger partial charge is 0.293 e. The van der Waals surface area contributed by atoms with Crippen LogP contribution in [0, 0.1) is 10.1 Å². The molecular weight excluding hydrogens is 370 g/mol. The molecule has 1 saturated heterocycles. The molecule has 1 aliphatic heterocycles. The van der Waals surface area contributed by atoms with Gasteiger partial charge in [0.25, 0.3) is 11.6 Å². The number of carbonyl (C=O) groups excluding carboxylic acids is 1. The Morgan fingerprint density at radius 2 is 1.83 bits per heavy atom. The van der Waals surface area contributed by atoms with E-state index in [0.717, 1.165) is 39.1 Å². The summed E-state index contributed by atoms with van der Waals surface area (Å²) in [7, 11) is 1.61. The van der Waals surface area contributed by atoms with Crippen LogP contribution in [0.1, 0.15) is 16.8 Å². The zero-order chi connectivity index (χ0) is 20.6. The number of rotatable bonds is 8. The molecule has 0 atom stereocenters. The molecule has 8 heteroatoms. The number of carbonyl (C=O) groups is 1. The lowest BCUT2D eigenvalue weighted by atomic mass is 10.1. The predicted molar refractivity (Wildman–Crippen MR) is 115 cm³/mol. The third-order valence-corrected chi connectivity index (χ3v) is 5.16. The van der Waals surface area contributed by atoms with Gasteiger partial charge in [0.05, 0.1) is 4.92 Å². The highest BCUT2D eigenvalue weighted by atomic mass is 16.6. The van der Waals surface area contributed by atoms with E-state index < -0.39 is 4.92 Å². The Labute approximate surface area is 170 Å². The molecule has 0 unspecified atom stereocenters. The van der Waals surface area contributed by atoms with E-state index in [0.29, 0.717) is 17.8 Å². The fourth-order valence-electron chi connectivity index (χ4n) is 3.51. The summed E-state index contributed by atoms with van der Waals surface area (Å²) < 4.78 is 0. The van der Waals surface area contributed by atoms with Crippen LogP contribution in [-0.2, 0) is 0 Å². The van der Waals surface area contributed by atoms with Crippen molar-refractivity contribution in [1.82, 2.24) is 10.2 Å². The normalized spacial score (nSPS) is 14.4. The number of benzene rings is 2. The van der Waals surface area contributed by atoms with E-state index >= 15 is 0 Å². The first kappa shape index (κ1) is 20.6. The largest absolute Gasteiger partial charge is 0.383 e. The summed E-state index contributed by atoms with van der Waals surface area (Å²) in [6, 6.07) is 14.9. The maximum atomic E-state index is 12.3. The maximum Gasteiger partial charge on any atom is 0.293 e. The third kappa shape index (κ3) is 5.45. The van der Waals surface area contributed by atoms with Crippen molar-refractivity contribution in [2.24, 2.45) is 0 Å². The molecule has 1 aliphatic rings. The van der Waals surface area contributed by atoms with Crippen LogP contribution in [0.4, 0.5) is 17.1 Å². The van der Waals surface area contributed by atoms with Gasteiger partial charge in [0.15, 0.2) is 0 Å². The first-order valence-corrected chi connectivity index (χ1v) is 9.85. The minimum absolute atomic E-state index is 0.101. The van der Waals surface area contributed by atoms with Crippen molar-refractivity contribution in [2.45, 2.75) is 6.42 Å². The highest BCUT2D eigenvalue weighted by molar-refractivity contribution is 5.95. The molecule has 1 fully saturated rings. The Morgan fingerprint density at radius 3 is 2.48 bits per heavy atom. The molecule has 2 aromatic rings. The first-order valence-electron chi connectivity index (χ1n) is 9.85. The average molecular weight is 397 g/mol. The van der Waals surface area contributed by atoms with Gasteiger partial charge >= 0.3 is 0 Å². The quantitative estimate of drug-likeness (QED) is 0.404. The number of anilines is 2. The van der Waals surface area contributed by atoms with Crippen molar-refractivity contribution in [3.05, 3.63) is 64.2 Å². The standard InChI is InChI=1S/C21H27N5O3/c1-22-19-9-8-17(16-20(19)26(28)29)21(27)23-10-5-11-24-12-14-25(15-13-24)18-6-3-2-4-7-18/h2-4,6-9,16,22H,5,10-15H2,1H3,(H,23,27). The highest BCUT2D eigenvalue weighted by Gasteiger charge is 2.18. The molecule has 1 heterocycles. The Morgan fingerprint density at radius 1 is 1.10 bits per heavy atom. The number of nitrogens with one attached hydrogen (secondary N) is 2. The maximum absolute atomic E-state index is 12.3. The number of hydrogen-bond donors (Lipinski definition) is 2. The number of para-hydroxylation sites is 1. The molecule has 0 aromatic heterocycles. The second kappa shape index (κ2) is 9.88. The second-order valence-electron chi connectivity index (χ2n) is 7.01. The van der Waals surface area contributed by atoms with Gasteiger partial charge in [-0.1, -0.05) is 18.2 Å². The summed E-state index contributed by atoms with van der Waals surface area (Å²) >= 11 is 0. The van der Waals surface area contributed by atoms with Crippen LogP contribution in [0.25, 0.3) is 0 Å². The number of nitro benzene ring substituents is 1. The molecular formula is C21H27N5O3. The average Bonchev–Trinajstić information content (AvgIpc) is 2.77. The number of nitro groups is 1. The summed E-state index contributed by atoms with van der Waals surface area (Å²) in [6.07, 6.45) is 0.841. The van der Waals surface area contributed by atoms with E-state index in [9.17, 15) is 14.9 Å². The molecule has 0 bridgehead atoms. The van der Waals surface area contributed by atoms with Crippen LogP contribution in [0.15, 0.2) is 48.5 Å². The fourth-order valence-corrected chi connectivity index (χ4v) is 3.51. The summed E-state index contributed by atoms with van der Waals surface area (Å²) in [5.74, 6) is -0.287. The van der Waals surface area contributed by atoms with Gasteiger partial charge in [-0.15, -0.1) is 0 Å². The van der Waals surface area contributed by atoms with Gasteiger partial charge in [0, 0.05) is 57.1 Å². The third-order valence-electron chi connectivity index (χ3n) is 5.16. The van der Waals surface area contributed by atoms with Gasteiger partial charge in [0.1, 0.15) is 5.69 Å². The van der Waals surface area contributed by atoms with E-state index in [1.54, 1.807) is 19.2 Å². The number of hydrogen-bond acceptors (Lipinski definition) is 6. The van der Waals surface area contributed by atoms with Gasteiger partial charge < -0.3 is 15.5 Å². The number of piperazine rings is 1. The molecule has 29 heavy (non-hydrogen) atoms. The zero-order valence-electron chi connectivity index (χ0n) is 16.6. The molecule has 2 N–H and O–H groups in total. The second-order valence-corrected chi connectivity index (χ2v) is 7.01. The van der Waals surface area contributed by atoms with E-state index in [1.165, 1.54) is 11.8 Å². The van der Waals surface area contributed by atoms with Crippen molar-refractivity contribution in [2.75, 3.05) is 56.5 Å². The van der Waals surface area contributed by atoms with Gasteiger partial charge in [-0.25, -0.2) is 0 Å². The van der Waals surface area contributed by atoms with Gasteiger partial charge in [-0.2, -0.15) is 0 Å². The SMILES string of the molecule is CNc1ccc(C(=O)NCCCN2CCN(c3ccccc3)CC2)cc1[N+](=O)[O-]. The highest BCUT2D eigenvalue weighted by Crippen LogP contribution is 2.25. The van der Waals surface area contributed by atoms with E-state index in [1.807, 2.05) is 6.07 Å². The summed E-state index contributed by atoms with van der Waals surface area (Å²) in [6.45, 7) is 5.46. The lowest BCUT2D eigenvalue weighted by Crippen LogP contribution is -2.47. The molecule has 0 radical (unpaired) electrons. The van der Waals surface area contributed by atoms with Crippen LogP contribution < -0.4 is 15.5 Å². The molecule has 0 spiro atoms. The van der Waals surface area contributed by atoms with E-state index in [4.69, 9.17) is 0 Å². The fraction of sp³-hybridized carbons (Fsp3) is 0.381. The topological polar surface area (TPSA) is 90.8 Å². The van der Waals surface area contributed by atoms with Crippen molar-refractivity contribution in [3.8, 4) is 0 Å². The van der Waals surface area contributed by atoms with Crippen molar-refractivity contribution >= 4 is 23.0 Å². The minimum atomic E-state index is -0.488. The monoisotopic (exact) mass is 397 g/mol. The summed E-state index contributed by atoms with van der Waals surface area (Å²) in [5.41, 5.74) is 1.85. The zero-order valence-corrected chi connectivity index (χ0v) is 16.6. The van der Waals surface area contributed by atoms with Crippen LogP contribution in [0.5, 0.6) is 0 Å². The molecule has 154 valence electrons. The minimum Gasteiger partial charge on any atom is -0.383 e. The lowest BCUT2D eigenvalue weighted by Gasteiger charge is -2.36. The molecule has 0 aliphatic carbocycles. The Kier molecular flexibility index (Phi) is 7.02. The Hall–Kier alpha value is -3.13. The van der Waals surface area contributed by atoms with Gasteiger partial charge in [-0.05, 0) is 37.2 Å². The van der Waals surface area contributed by atoms with Crippen LogP contribution in [0.2, 0.25) is 0 Å². The van der Waals surface area contributed by atoms with Crippen LogP contribution >= 0.6 is 0 Å². The van der Waals surface area contributed by atoms with Crippen molar-refractivity contribution in [1.29, 1.82) is 0 Å². The Balaban J connectivity index is 1.40. The molecule has 3 rings (SSSR count). The first-order chi connectivity index (χ1) is 14.1. The van der Waals surface area contributed by atoms with Crippen LogP contribution in [0.3, 0.4) is 0 Å². The number of nitrogens with zero attached hydrogens (tertiary/aromatic N) is 3. The predicted octanol–water partition coefficient (Wildman–Crippen LogP) is 2.58. The van der Waals surface area contributed by atoms with Crippen molar-refractivity contribution in [3.63, 3.8) is 0 Å². The number of amides is 1. The molecule has 1 amide bonds. The lowest BCUT2D eigenvalue weighted by molar-refractivity contribution is -0.384. The van der Waals surface area contributed by atoms with Crippen molar-refractivity contribution < 1.29 is 9.72 Å². The van der Waals surface area contributed by atoms with Gasteiger partial charge in [-0.3, -0.25) is 19.8 Å². The van der Waals surface area contributed by atoms with Crippen LogP contribution in [-0.4, -0.2) is 62.0 Å². The Bertz CT molecular complexity index is 835. The summed E-state index contributed by atoms with van der Waals surface area (Å²) in [5, 5.41) is 16.8. The van der Waals surface area contributed by atoms with E-state index in [-0.39, 0.29) is 11.6 Å².